The van der Waals surface area contributed by atoms with Crippen LogP contribution in [0.3, 0.4) is 0 Å². The van der Waals surface area contributed by atoms with Crippen LogP contribution in [-0.4, -0.2) is 46.1 Å². The first kappa shape index (κ1) is 24.1. The molecule has 4 amide bonds. The normalized spacial score (nSPS) is 17.1. The summed E-state index contributed by atoms with van der Waals surface area (Å²) in [5, 5.41) is 6.45. The van der Waals surface area contributed by atoms with Crippen LogP contribution < -0.4 is 22.1 Å². The number of benzene rings is 3. The number of anilines is 1. The van der Waals surface area contributed by atoms with E-state index in [4.69, 9.17) is 11.5 Å². The third-order valence-corrected chi connectivity index (χ3v) is 6.59. The third kappa shape index (κ3) is 5.03. The fraction of sp³-hybridized carbons (Fsp3) is 0.179. The SMILES string of the molecule is NC(=O)n1cc(NC(=O)N2C[C@@H](N)C[C@H]2C(=O)NCc2cccc(-c3ccccc3)c2)c2ccccc21. The Kier molecular flexibility index (Phi) is 6.61. The van der Waals surface area contributed by atoms with Crippen LogP contribution in [0.15, 0.2) is 85.1 Å². The summed E-state index contributed by atoms with van der Waals surface area (Å²) in [6.45, 7) is 0.564. The molecular weight excluding hydrogens is 468 g/mol. The van der Waals surface area contributed by atoms with E-state index in [1.165, 1.54) is 15.7 Å². The highest BCUT2D eigenvalue weighted by Gasteiger charge is 2.38. The Morgan fingerprint density at radius 3 is 2.43 bits per heavy atom. The molecule has 2 heterocycles. The molecule has 1 fully saturated rings. The number of nitrogens with one attached hydrogen (secondary N) is 2. The fourth-order valence-electron chi connectivity index (χ4n) is 4.79. The number of primary amides is 1. The van der Waals surface area contributed by atoms with Crippen molar-refractivity contribution >= 4 is 34.6 Å². The number of hydrogen-bond donors (Lipinski definition) is 4. The average molecular weight is 497 g/mol. The summed E-state index contributed by atoms with van der Waals surface area (Å²) >= 11 is 0. The van der Waals surface area contributed by atoms with Gasteiger partial charge < -0.3 is 27.0 Å². The van der Waals surface area contributed by atoms with E-state index in [0.717, 1.165) is 16.7 Å². The van der Waals surface area contributed by atoms with Crippen LogP contribution in [0.2, 0.25) is 0 Å². The van der Waals surface area contributed by atoms with Gasteiger partial charge in [-0.1, -0.05) is 66.7 Å². The highest BCUT2D eigenvalue weighted by molar-refractivity contribution is 6.05. The number of carbonyl (C=O) groups excluding carboxylic acids is 3. The van der Waals surface area contributed by atoms with Crippen LogP contribution in [0.5, 0.6) is 0 Å². The molecule has 37 heavy (non-hydrogen) atoms. The predicted molar refractivity (Wildman–Crippen MR) is 143 cm³/mol. The molecule has 1 aliphatic rings. The van der Waals surface area contributed by atoms with E-state index >= 15 is 0 Å². The number of likely N-dealkylation sites (tertiary alicyclic amines) is 1. The zero-order valence-corrected chi connectivity index (χ0v) is 20.1. The van der Waals surface area contributed by atoms with Gasteiger partial charge in [0.2, 0.25) is 5.91 Å². The van der Waals surface area contributed by atoms with E-state index < -0.39 is 18.1 Å². The average Bonchev–Trinajstić information content (AvgIpc) is 3.49. The summed E-state index contributed by atoms with van der Waals surface area (Å²) in [4.78, 5) is 39.6. The van der Waals surface area contributed by atoms with Crippen LogP contribution in [0.25, 0.3) is 22.0 Å². The molecule has 2 atom stereocenters. The van der Waals surface area contributed by atoms with Gasteiger partial charge in [-0.15, -0.1) is 0 Å². The molecule has 0 spiro atoms. The minimum absolute atomic E-state index is 0.238. The molecule has 0 saturated carbocycles. The van der Waals surface area contributed by atoms with Crippen molar-refractivity contribution in [2.75, 3.05) is 11.9 Å². The molecule has 9 heteroatoms. The van der Waals surface area contributed by atoms with E-state index in [1.54, 1.807) is 24.3 Å². The zero-order valence-electron chi connectivity index (χ0n) is 20.1. The Morgan fingerprint density at radius 1 is 0.919 bits per heavy atom. The van der Waals surface area contributed by atoms with Crippen molar-refractivity contribution in [3.63, 3.8) is 0 Å². The van der Waals surface area contributed by atoms with Crippen LogP contribution in [0, 0.1) is 0 Å². The van der Waals surface area contributed by atoms with E-state index in [9.17, 15) is 14.4 Å². The van der Waals surface area contributed by atoms with Crippen LogP contribution >= 0.6 is 0 Å². The van der Waals surface area contributed by atoms with Crippen molar-refractivity contribution in [3.8, 4) is 11.1 Å². The molecule has 0 radical (unpaired) electrons. The largest absolute Gasteiger partial charge is 0.351 e. The first-order valence-electron chi connectivity index (χ1n) is 12.1. The fourth-order valence-corrected chi connectivity index (χ4v) is 4.79. The topological polar surface area (TPSA) is 135 Å². The number of amides is 4. The van der Waals surface area contributed by atoms with Gasteiger partial charge >= 0.3 is 12.1 Å². The standard InChI is InChI=1S/C28H28N6O3/c29-21-14-25(26(35)31-15-18-7-6-10-20(13-18)19-8-2-1-3-9-19)34(16-21)28(37)32-23-17-33(27(30)36)24-12-5-4-11-22(23)24/h1-13,17,21,25H,14-16,29H2,(H2,30,36)(H,31,35)(H,32,37)/t21-,25-/m0/s1. The van der Waals surface area contributed by atoms with E-state index in [1.807, 2.05) is 54.6 Å². The van der Waals surface area contributed by atoms with Crippen LogP contribution in [0.4, 0.5) is 15.3 Å². The summed E-state index contributed by atoms with van der Waals surface area (Å²) in [6, 6.07) is 22.9. The molecule has 1 saturated heterocycles. The lowest BCUT2D eigenvalue weighted by molar-refractivity contribution is -0.124. The first-order valence-corrected chi connectivity index (χ1v) is 12.1. The van der Waals surface area contributed by atoms with Crippen molar-refractivity contribution in [2.45, 2.75) is 25.0 Å². The number of para-hydroxylation sites is 1. The van der Waals surface area contributed by atoms with Gasteiger partial charge in [0.15, 0.2) is 0 Å². The quantitative estimate of drug-likeness (QED) is 0.336. The Morgan fingerprint density at radius 2 is 1.65 bits per heavy atom. The summed E-state index contributed by atoms with van der Waals surface area (Å²) in [7, 11) is 0. The lowest BCUT2D eigenvalue weighted by Gasteiger charge is -2.24. The minimum Gasteiger partial charge on any atom is -0.351 e. The van der Waals surface area contributed by atoms with Gasteiger partial charge in [0.25, 0.3) is 0 Å². The highest BCUT2D eigenvalue weighted by Crippen LogP contribution is 2.27. The summed E-state index contributed by atoms with van der Waals surface area (Å²) in [5.41, 5.74) is 15.7. The van der Waals surface area contributed by atoms with Gasteiger partial charge in [-0.3, -0.25) is 9.36 Å². The first-order chi connectivity index (χ1) is 17.9. The number of urea groups is 1. The maximum Gasteiger partial charge on any atom is 0.323 e. The second-order valence-electron chi connectivity index (χ2n) is 9.15. The molecule has 0 unspecified atom stereocenters. The second kappa shape index (κ2) is 10.2. The lowest BCUT2D eigenvalue weighted by atomic mass is 10.0. The lowest BCUT2D eigenvalue weighted by Crippen LogP contribution is -2.47. The van der Waals surface area contributed by atoms with Crippen molar-refractivity contribution < 1.29 is 14.4 Å². The van der Waals surface area contributed by atoms with Crippen molar-refractivity contribution in [1.29, 1.82) is 0 Å². The molecule has 1 aliphatic heterocycles. The van der Waals surface area contributed by atoms with Crippen molar-refractivity contribution in [2.24, 2.45) is 11.5 Å². The summed E-state index contributed by atoms with van der Waals surface area (Å²) < 4.78 is 1.27. The van der Waals surface area contributed by atoms with E-state index in [-0.39, 0.29) is 18.5 Å². The van der Waals surface area contributed by atoms with Crippen LogP contribution in [0.1, 0.15) is 12.0 Å². The third-order valence-electron chi connectivity index (χ3n) is 6.59. The summed E-state index contributed by atoms with van der Waals surface area (Å²) in [5.74, 6) is -0.271. The molecule has 6 N–H and O–H groups in total. The van der Waals surface area contributed by atoms with Crippen LogP contribution in [-0.2, 0) is 11.3 Å². The molecule has 188 valence electrons. The number of aromatic nitrogens is 1. The molecule has 5 rings (SSSR count). The molecule has 1 aromatic heterocycles. The molecule has 4 aromatic rings. The van der Waals surface area contributed by atoms with Crippen molar-refractivity contribution in [1.82, 2.24) is 14.8 Å². The van der Waals surface area contributed by atoms with Gasteiger partial charge in [-0.25, -0.2) is 9.59 Å². The predicted octanol–water partition coefficient (Wildman–Crippen LogP) is 3.49. The van der Waals surface area contributed by atoms with E-state index in [0.29, 0.717) is 29.6 Å². The molecule has 9 nitrogen and oxygen atoms in total. The Balaban J connectivity index is 1.28. The number of fused-ring (bicyclic) bond motifs is 1. The van der Waals surface area contributed by atoms with Gasteiger partial charge in [-0.2, -0.15) is 0 Å². The number of nitrogens with zero attached hydrogens (tertiary/aromatic N) is 2. The van der Waals surface area contributed by atoms with Gasteiger partial charge in [0, 0.05) is 30.7 Å². The number of hydrogen-bond acceptors (Lipinski definition) is 4. The molecule has 3 aromatic carbocycles. The smallest absolute Gasteiger partial charge is 0.323 e. The Labute approximate surface area is 214 Å². The molecular formula is C28H28N6O3. The number of nitrogens with two attached hydrogens (primary N) is 2. The van der Waals surface area contributed by atoms with Gasteiger partial charge in [0.05, 0.1) is 11.2 Å². The summed E-state index contributed by atoms with van der Waals surface area (Å²) in [6.07, 6.45) is 1.84. The Bertz CT molecular complexity index is 1470. The van der Waals surface area contributed by atoms with Crippen molar-refractivity contribution in [3.05, 3.63) is 90.6 Å². The van der Waals surface area contributed by atoms with Gasteiger partial charge in [-0.05, 0) is 35.2 Å². The number of rotatable bonds is 5. The number of carbonyl (C=O) groups is 3. The van der Waals surface area contributed by atoms with Gasteiger partial charge in [0.1, 0.15) is 6.04 Å². The Hall–Kier alpha value is -4.63. The minimum atomic E-state index is -0.711. The monoisotopic (exact) mass is 496 g/mol. The second-order valence-corrected chi connectivity index (χ2v) is 9.15. The molecule has 0 bridgehead atoms. The zero-order chi connectivity index (χ0) is 25.9. The molecule has 0 aliphatic carbocycles. The maximum absolute atomic E-state index is 13.2. The highest BCUT2D eigenvalue weighted by atomic mass is 16.2. The maximum atomic E-state index is 13.2. The van der Waals surface area contributed by atoms with E-state index in [2.05, 4.69) is 10.6 Å².